The van der Waals surface area contributed by atoms with Gasteiger partial charge in [0.1, 0.15) is 11.0 Å². The molecule has 0 aliphatic rings. The predicted molar refractivity (Wildman–Crippen MR) is 132 cm³/mol. The summed E-state index contributed by atoms with van der Waals surface area (Å²) in [5, 5.41) is 11.2. The zero-order valence-electron chi connectivity index (χ0n) is 19.9. The second kappa shape index (κ2) is 9.54. The van der Waals surface area contributed by atoms with Crippen molar-refractivity contribution in [2.24, 2.45) is 0 Å². The van der Waals surface area contributed by atoms with Crippen LogP contribution in [0.1, 0.15) is 35.3 Å². The molecule has 0 aliphatic carbocycles. The summed E-state index contributed by atoms with van der Waals surface area (Å²) in [5.41, 5.74) is 4.23. The fraction of sp³-hybridized carbons (Fsp3) is 0.269. The third-order valence-electron chi connectivity index (χ3n) is 5.93. The standard InChI is InChI=1S/C26H26N6O3/c1-4-17-6-8-20-13-18(7-9-19(20)12-17)10-11-31-23-22(15-28-31)29-26(30-24(23)34-3)32-16-21(14-27-32)25(33)35-5-2/h6-9,12-16H,4-5,10-11H2,1-3H3. The summed E-state index contributed by atoms with van der Waals surface area (Å²) in [4.78, 5) is 21.1. The highest BCUT2D eigenvalue weighted by Crippen LogP contribution is 2.24. The number of hydrogen-bond acceptors (Lipinski definition) is 7. The number of benzene rings is 2. The summed E-state index contributed by atoms with van der Waals surface area (Å²) in [7, 11) is 1.56. The van der Waals surface area contributed by atoms with Gasteiger partial charge >= 0.3 is 5.97 Å². The average Bonchev–Trinajstić information content (AvgIpc) is 3.54. The Kier molecular flexibility index (Phi) is 6.13. The van der Waals surface area contributed by atoms with Gasteiger partial charge < -0.3 is 9.47 Å². The maximum absolute atomic E-state index is 12.0. The zero-order chi connectivity index (χ0) is 24.4. The molecule has 0 spiro atoms. The van der Waals surface area contributed by atoms with E-state index in [1.807, 2.05) is 4.68 Å². The van der Waals surface area contributed by atoms with E-state index in [9.17, 15) is 4.79 Å². The number of aryl methyl sites for hydroxylation is 3. The Hall–Kier alpha value is -4.27. The van der Waals surface area contributed by atoms with Crippen LogP contribution in [0.2, 0.25) is 0 Å². The van der Waals surface area contributed by atoms with Gasteiger partial charge in [0, 0.05) is 12.7 Å². The average molecular weight is 471 g/mol. The molecule has 2 aromatic carbocycles. The van der Waals surface area contributed by atoms with Gasteiger partial charge in [-0.3, -0.25) is 4.68 Å². The molecule has 3 aromatic heterocycles. The third-order valence-corrected chi connectivity index (χ3v) is 5.93. The summed E-state index contributed by atoms with van der Waals surface area (Å²) in [6.45, 7) is 4.86. The highest BCUT2D eigenvalue weighted by molar-refractivity contribution is 5.89. The van der Waals surface area contributed by atoms with E-state index in [4.69, 9.17) is 9.47 Å². The van der Waals surface area contributed by atoms with Crippen LogP contribution in [0.4, 0.5) is 0 Å². The largest absolute Gasteiger partial charge is 0.479 e. The fourth-order valence-electron chi connectivity index (χ4n) is 4.08. The van der Waals surface area contributed by atoms with Gasteiger partial charge in [-0.05, 0) is 41.7 Å². The summed E-state index contributed by atoms with van der Waals surface area (Å²) < 4.78 is 13.9. The van der Waals surface area contributed by atoms with Crippen LogP contribution < -0.4 is 4.74 Å². The first kappa shape index (κ1) is 22.5. The molecule has 0 aliphatic heterocycles. The number of hydrogen-bond donors (Lipinski definition) is 0. The third kappa shape index (κ3) is 4.44. The molecular formula is C26H26N6O3. The van der Waals surface area contributed by atoms with Gasteiger partial charge in [-0.2, -0.15) is 15.2 Å². The van der Waals surface area contributed by atoms with Crippen LogP contribution in [0.5, 0.6) is 5.88 Å². The van der Waals surface area contributed by atoms with Crippen LogP contribution >= 0.6 is 0 Å². The number of esters is 1. The van der Waals surface area contributed by atoms with Crippen molar-refractivity contribution < 1.29 is 14.3 Å². The monoisotopic (exact) mass is 470 g/mol. The lowest BCUT2D eigenvalue weighted by Gasteiger charge is -2.09. The van der Waals surface area contributed by atoms with Crippen LogP contribution in [0.15, 0.2) is 55.0 Å². The molecule has 0 bridgehead atoms. The minimum absolute atomic E-state index is 0.283. The summed E-state index contributed by atoms with van der Waals surface area (Å²) in [5.74, 6) is 0.228. The van der Waals surface area contributed by atoms with Crippen molar-refractivity contribution in [2.75, 3.05) is 13.7 Å². The van der Waals surface area contributed by atoms with Crippen molar-refractivity contribution in [3.8, 4) is 11.8 Å². The molecule has 0 saturated carbocycles. The Bertz CT molecular complexity index is 1520. The normalized spacial score (nSPS) is 11.3. The van der Waals surface area contributed by atoms with Crippen molar-refractivity contribution >= 4 is 27.8 Å². The molecule has 0 amide bonds. The first-order valence-corrected chi connectivity index (χ1v) is 11.6. The first-order chi connectivity index (χ1) is 17.1. The lowest BCUT2D eigenvalue weighted by molar-refractivity contribution is 0.0526. The van der Waals surface area contributed by atoms with E-state index in [1.165, 1.54) is 39.0 Å². The van der Waals surface area contributed by atoms with E-state index >= 15 is 0 Å². The molecule has 5 rings (SSSR count). The van der Waals surface area contributed by atoms with Gasteiger partial charge in [0.05, 0.1) is 31.7 Å². The van der Waals surface area contributed by atoms with Gasteiger partial charge in [0.2, 0.25) is 5.88 Å². The molecule has 178 valence electrons. The molecule has 0 saturated heterocycles. The maximum atomic E-state index is 12.0. The molecule has 0 unspecified atom stereocenters. The van der Waals surface area contributed by atoms with Gasteiger partial charge in [0.25, 0.3) is 5.95 Å². The smallest absolute Gasteiger partial charge is 0.341 e. The molecule has 0 atom stereocenters. The van der Waals surface area contributed by atoms with Crippen molar-refractivity contribution in [3.05, 3.63) is 71.7 Å². The Morgan fingerprint density at radius 3 is 2.49 bits per heavy atom. The number of rotatable bonds is 8. The summed E-state index contributed by atoms with van der Waals surface area (Å²) >= 11 is 0. The highest BCUT2D eigenvalue weighted by atomic mass is 16.5. The zero-order valence-corrected chi connectivity index (χ0v) is 19.9. The Morgan fingerprint density at radius 2 is 1.74 bits per heavy atom. The number of ether oxygens (including phenoxy) is 2. The van der Waals surface area contributed by atoms with Gasteiger partial charge in [-0.25, -0.2) is 14.5 Å². The topological polar surface area (TPSA) is 97.0 Å². The number of fused-ring (bicyclic) bond motifs is 2. The molecule has 9 nitrogen and oxygen atoms in total. The molecule has 5 aromatic rings. The number of methoxy groups -OCH3 is 1. The predicted octanol–water partition coefficient (Wildman–Crippen LogP) is 4.16. The molecule has 9 heteroatoms. The first-order valence-electron chi connectivity index (χ1n) is 11.6. The molecule has 3 heterocycles. The maximum Gasteiger partial charge on any atom is 0.341 e. The van der Waals surface area contributed by atoms with E-state index in [1.54, 1.807) is 20.2 Å². The highest BCUT2D eigenvalue weighted by Gasteiger charge is 2.17. The molecule has 0 radical (unpaired) electrons. The lowest BCUT2D eigenvalue weighted by atomic mass is 10.0. The van der Waals surface area contributed by atoms with Crippen LogP contribution in [-0.4, -0.2) is 49.2 Å². The van der Waals surface area contributed by atoms with Crippen LogP contribution in [0, 0.1) is 0 Å². The number of aromatic nitrogens is 6. The quantitative estimate of drug-likeness (QED) is 0.314. The molecular weight excluding hydrogens is 444 g/mol. The summed E-state index contributed by atoms with van der Waals surface area (Å²) in [6.07, 6.45) is 6.48. The lowest BCUT2D eigenvalue weighted by Crippen LogP contribution is -2.08. The minimum Gasteiger partial charge on any atom is -0.479 e. The van der Waals surface area contributed by atoms with Gasteiger partial charge in [-0.15, -0.1) is 0 Å². The fourth-order valence-corrected chi connectivity index (χ4v) is 4.08. The van der Waals surface area contributed by atoms with E-state index in [2.05, 4.69) is 63.5 Å². The Morgan fingerprint density at radius 1 is 0.971 bits per heavy atom. The number of carbonyl (C=O) groups is 1. The Labute approximate surface area is 202 Å². The SMILES string of the molecule is CCOC(=O)c1cnn(-c2nc(OC)c3c(cnn3CCc3ccc4cc(CC)ccc4c3)n2)c1. The Balaban J connectivity index is 1.40. The molecule has 0 fully saturated rings. The van der Waals surface area contributed by atoms with Crippen LogP contribution in [-0.2, 0) is 24.1 Å². The molecule has 35 heavy (non-hydrogen) atoms. The van der Waals surface area contributed by atoms with E-state index < -0.39 is 5.97 Å². The van der Waals surface area contributed by atoms with Crippen LogP contribution in [0.25, 0.3) is 27.8 Å². The van der Waals surface area contributed by atoms with Gasteiger partial charge in [0.15, 0.2) is 0 Å². The van der Waals surface area contributed by atoms with Crippen molar-refractivity contribution in [2.45, 2.75) is 33.2 Å². The van der Waals surface area contributed by atoms with E-state index in [0.717, 1.165) is 12.8 Å². The molecule has 0 N–H and O–H groups in total. The van der Waals surface area contributed by atoms with E-state index in [0.29, 0.717) is 35.6 Å². The number of nitrogens with zero attached hydrogens (tertiary/aromatic N) is 6. The number of carbonyl (C=O) groups excluding carboxylic acids is 1. The second-order valence-electron chi connectivity index (χ2n) is 8.15. The van der Waals surface area contributed by atoms with Crippen molar-refractivity contribution in [1.29, 1.82) is 0 Å². The van der Waals surface area contributed by atoms with Crippen molar-refractivity contribution in [1.82, 2.24) is 29.5 Å². The minimum atomic E-state index is -0.445. The summed E-state index contributed by atoms with van der Waals surface area (Å²) in [6, 6.07) is 13.2. The second-order valence-corrected chi connectivity index (χ2v) is 8.15. The van der Waals surface area contributed by atoms with E-state index in [-0.39, 0.29) is 5.95 Å². The van der Waals surface area contributed by atoms with Crippen molar-refractivity contribution in [3.63, 3.8) is 0 Å². The van der Waals surface area contributed by atoms with Crippen LogP contribution in [0.3, 0.4) is 0 Å². The van der Waals surface area contributed by atoms with Gasteiger partial charge in [-0.1, -0.05) is 43.3 Å².